The van der Waals surface area contributed by atoms with Crippen molar-refractivity contribution in [1.29, 1.82) is 0 Å². The number of carbonyl (C=O) groups is 1. The second kappa shape index (κ2) is 5.91. The van der Waals surface area contributed by atoms with Crippen molar-refractivity contribution in [3.05, 3.63) is 39.4 Å². The molecule has 0 aliphatic heterocycles. The molecule has 0 spiro atoms. The fourth-order valence-electron chi connectivity index (χ4n) is 1.35. The average molecular weight is 288 g/mol. The van der Waals surface area contributed by atoms with Crippen molar-refractivity contribution in [2.75, 3.05) is 13.2 Å². The van der Waals surface area contributed by atoms with E-state index in [4.69, 9.17) is 5.11 Å². The Morgan fingerprint density at radius 2 is 2.05 bits per heavy atom. The van der Waals surface area contributed by atoms with Crippen LogP contribution in [-0.4, -0.2) is 29.1 Å². The molecule has 0 saturated carbocycles. The van der Waals surface area contributed by atoms with Crippen molar-refractivity contribution in [2.45, 2.75) is 13.8 Å². The minimum atomic E-state index is -1.52. The molecular formula is C12H14F2N2O4. The first-order valence-corrected chi connectivity index (χ1v) is 5.71. The normalized spacial score (nSPS) is 11.2. The van der Waals surface area contributed by atoms with Crippen molar-refractivity contribution in [3.8, 4) is 0 Å². The average Bonchev–Trinajstić information content (AvgIpc) is 2.36. The highest BCUT2D eigenvalue weighted by Crippen LogP contribution is 2.23. The van der Waals surface area contributed by atoms with Gasteiger partial charge >= 0.3 is 5.69 Å². The largest absolute Gasteiger partial charge is 0.396 e. The van der Waals surface area contributed by atoms with Crippen LogP contribution in [0.2, 0.25) is 0 Å². The van der Waals surface area contributed by atoms with Crippen LogP contribution in [-0.2, 0) is 0 Å². The molecule has 0 unspecified atom stereocenters. The Kier molecular flexibility index (Phi) is 4.72. The fourth-order valence-corrected chi connectivity index (χ4v) is 1.35. The fraction of sp³-hybridized carbons (Fsp3) is 0.417. The van der Waals surface area contributed by atoms with Crippen LogP contribution in [0, 0.1) is 27.2 Å². The van der Waals surface area contributed by atoms with Gasteiger partial charge in [0.25, 0.3) is 5.91 Å². The number of amides is 1. The Morgan fingerprint density at radius 1 is 1.45 bits per heavy atom. The minimum Gasteiger partial charge on any atom is -0.396 e. The van der Waals surface area contributed by atoms with E-state index in [2.05, 4.69) is 5.32 Å². The molecule has 1 aromatic rings. The Hall–Kier alpha value is -2.09. The van der Waals surface area contributed by atoms with Crippen LogP contribution in [0.25, 0.3) is 0 Å². The number of benzene rings is 1. The molecule has 110 valence electrons. The van der Waals surface area contributed by atoms with Gasteiger partial charge in [-0.05, 0) is 6.07 Å². The Labute approximate surface area is 113 Å². The van der Waals surface area contributed by atoms with Gasteiger partial charge in [0.05, 0.1) is 4.92 Å². The lowest BCUT2D eigenvalue weighted by Gasteiger charge is -2.21. The second-order valence-electron chi connectivity index (χ2n) is 5.02. The Balaban J connectivity index is 3.04. The zero-order valence-corrected chi connectivity index (χ0v) is 10.9. The molecule has 0 bridgehead atoms. The van der Waals surface area contributed by atoms with E-state index in [1.165, 1.54) is 0 Å². The number of hydrogen-bond donors (Lipinski definition) is 2. The Bertz CT molecular complexity index is 547. The Morgan fingerprint density at radius 3 is 2.55 bits per heavy atom. The number of nitrogens with one attached hydrogen (secondary N) is 1. The lowest BCUT2D eigenvalue weighted by Crippen LogP contribution is -2.36. The summed E-state index contributed by atoms with van der Waals surface area (Å²) in [5.41, 5.74) is -2.66. The highest BCUT2D eigenvalue weighted by Gasteiger charge is 2.27. The van der Waals surface area contributed by atoms with E-state index in [9.17, 15) is 23.7 Å². The molecule has 0 aliphatic carbocycles. The SMILES string of the molecule is CC(C)(CO)CNC(=O)c1c(F)ccc([N+](=O)[O-])c1F. The number of aliphatic hydroxyl groups excluding tert-OH is 1. The summed E-state index contributed by atoms with van der Waals surface area (Å²) in [4.78, 5) is 21.2. The third kappa shape index (κ3) is 3.47. The first-order chi connectivity index (χ1) is 9.19. The highest BCUT2D eigenvalue weighted by atomic mass is 19.1. The summed E-state index contributed by atoms with van der Waals surface area (Å²) in [7, 11) is 0. The van der Waals surface area contributed by atoms with E-state index in [1.807, 2.05) is 0 Å². The molecule has 0 atom stereocenters. The van der Waals surface area contributed by atoms with Gasteiger partial charge in [-0.3, -0.25) is 14.9 Å². The number of carbonyl (C=O) groups excluding carboxylic acids is 1. The van der Waals surface area contributed by atoms with E-state index in [1.54, 1.807) is 13.8 Å². The third-order valence-corrected chi connectivity index (χ3v) is 2.65. The molecule has 0 fully saturated rings. The molecule has 6 nitrogen and oxygen atoms in total. The van der Waals surface area contributed by atoms with Gasteiger partial charge in [0.2, 0.25) is 5.82 Å². The molecule has 2 N–H and O–H groups in total. The van der Waals surface area contributed by atoms with Gasteiger partial charge in [-0.25, -0.2) is 4.39 Å². The van der Waals surface area contributed by atoms with Gasteiger partial charge in [0.1, 0.15) is 11.4 Å². The maximum atomic E-state index is 13.7. The summed E-state index contributed by atoms with van der Waals surface area (Å²) >= 11 is 0. The van der Waals surface area contributed by atoms with Crippen LogP contribution in [0.4, 0.5) is 14.5 Å². The van der Waals surface area contributed by atoms with Crippen LogP contribution in [0.5, 0.6) is 0 Å². The summed E-state index contributed by atoms with van der Waals surface area (Å²) < 4.78 is 27.2. The number of nitrogens with zero attached hydrogens (tertiary/aromatic N) is 1. The lowest BCUT2D eigenvalue weighted by atomic mass is 9.95. The van der Waals surface area contributed by atoms with Crippen LogP contribution in [0.1, 0.15) is 24.2 Å². The van der Waals surface area contributed by atoms with Crippen molar-refractivity contribution in [1.82, 2.24) is 5.32 Å². The monoisotopic (exact) mass is 288 g/mol. The van der Waals surface area contributed by atoms with Crippen LogP contribution >= 0.6 is 0 Å². The summed E-state index contributed by atoms with van der Waals surface area (Å²) in [6, 6.07) is 1.31. The van der Waals surface area contributed by atoms with Crippen LogP contribution in [0.15, 0.2) is 12.1 Å². The maximum Gasteiger partial charge on any atom is 0.305 e. The van der Waals surface area contributed by atoms with E-state index in [0.717, 1.165) is 0 Å². The number of rotatable bonds is 5. The number of aliphatic hydroxyl groups is 1. The van der Waals surface area contributed by atoms with Crippen LogP contribution in [0.3, 0.4) is 0 Å². The van der Waals surface area contributed by atoms with Crippen molar-refractivity contribution < 1.29 is 23.6 Å². The van der Waals surface area contributed by atoms with E-state index in [-0.39, 0.29) is 13.2 Å². The standard InChI is InChI=1S/C12H14F2N2O4/c1-12(2,6-17)5-15-11(18)9-7(13)3-4-8(10(9)14)16(19)20/h3-4,17H,5-6H2,1-2H3,(H,15,18). The van der Waals surface area contributed by atoms with Crippen molar-refractivity contribution in [2.24, 2.45) is 5.41 Å². The number of halogens is 2. The molecule has 1 aromatic carbocycles. The molecule has 20 heavy (non-hydrogen) atoms. The summed E-state index contributed by atoms with van der Waals surface area (Å²) in [5.74, 6) is -3.81. The zero-order valence-electron chi connectivity index (χ0n) is 10.9. The first kappa shape index (κ1) is 16.0. The summed E-state index contributed by atoms with van der Waals surface area (Å²) in [6.45, 7) is 2.98. The quantitative estimate of drug-likeness (QED) is 0.636. The molecule has 0 aromatic heterocycles. The summed E-state index contributed by atoms with van der Waals surface area (Å²) in [6.07, 6.45) is 0. The summed E-state index contributed by atoms with van der Waals surface area (Å²) in [5, 5.41) is 21.8. The molecule has 0 aliphatic rings. The van der Waals surface area contributed by atoms with Gasteiger partial charge in [0.15, 0.2) is 0 Å². The molecule has 0 saturated heterocycles. The predicted octanol–water partition coefficient (Wildman–Crippen LogP) is 1.62. The second-order valence-corrected chi connectivity index (χ2v) is 5.02. The van der Waals surface area contributed by atoms with Gasteiger partial charge in [0, 0.05) is 24.6 Å². The van der Waals surface area contributed by atoms with Gasteiger partial charge < -0.3 is 10.4 Å². The van der Waals surface area contributed by atoms with E-state index >= 15 is 0 Å². The molecular weight excluding hydrogens is 274 g/mol. The minimum absolute atomic E-state index is 0.0378. The number of hydrogen-bond acceptors (Lipinski definition) is 4. The maximum absolute atomic E-state index is 13.7. The van der Waals surface area contributed by atoms with Gasteiger partial charge in [-0.15, -0.1) is 0 Å². The molecule has 0 radical (unpaired) electrons. The van der Waals surface area contributed by atoms with Gasteiger partial charge in [-0.2, -0.15) is 4.39 Å². The van der Waals surface area contributed by atoms with Crippen molar-refractivity contribution >= 4 is 11.6 Å². The molecule has 1 rings (SSSR count). The van der Waals surface area contributed by atoms with E-state index < -0.39 is 39.1 Å². The molecule has 0 heterocycles. The molecule has 8 heteroatoms. The zero-order chi connectivity index (χ0) is 15.5. The van der Waals surface area contributed by atoms with Crippen molar-refractivity contribution in [3.63, 3.8) is 0 Å². The number of nitro groups is 1. The smallest absolute Gasteiger partial charge is 0.305 e. The lowest BCUT2D eigenvalue weighted by molar-refractivity contribution is -0.387. The van der Waals surface area contributed by atoms with E-state index in [0.29, 0.717) is 12.1 Å². The predicted molar refractivity (Wildman–Crippen MR) is 66.2 cm³/mol. The topological polar surface area (TPSA) is 92.5 Å². The third-order valence-electron chi connectivity index (χ3n) is 2.65. The van der Waals surface area contributed by atoms with Gasteiger partial charge in [-0.1, -0.05) is 13.8 Å². The first-order valence-electron chi connectivity index (χ1n) is 5.71. The molecule has 1 amide bonds. The highest BCUT2D eigenvalue weighted by molar-refractivity contribution is 5.95. The van der Waals surface area contributed by atoms with Crippen LogP contribution < -0.4 is 5.32 Å². The number of nitro benzene ring substituents is 1.